The molecule has 0 aromatic heterocycles. The van der Waals surface area contributed by atoms with Gasteiger partial charge in [0.25, 0.3) is 15.7 Å². The normalized spacial score (nSPS) is 12.0. The van der Waals surface area contributed by atoms with Gasteiger partial charge in [-0.1, -0.05) is 23.2 Å². The van der Waals surface area contributed by atoms with Crippen LogP contribution < -0.4 is 5.32 Å². The van der Waals surface area contributed by atoms with E-state index in [2.05, 4.69) is 5.32 Å². The number of carbonyl (C=O) groups excluding carboxylic acids is 1. The smallest absolute Gasteiger partial charge is 0.321 e. The zero-order valence-corrected chi connectivity index (χ0v) is 13.9. The van der Waals surface area contributed by atoms with Gasteiger partial charge in [-0.15, -0.1) is 0 Å². The highest BCUT2D eigenvalue weighted by Crippen LogP contribution is 2.30. The van der Waals surface area contributed by atoms with Gasteiger partial charge >= 0.3 is 5.51 Å². The molecule has 4 nitrogen and oxygen atoms in total. The highest BCUT2D eigenvalue weighted by Gasteiger charge is 2.46. The van der Waals surface area contributed by atoms with Gasteiger partial charge in [0.15, 0.2) is 0 Å². The summed E-state index contributed by atoms with van der Waals surface area (Å²) in [6, 6.07) is 7.70. The van der Waals surface area contributed by atoms with Crippen LogP contribution in [0, 0.1) is 0 Å². The van der Waals surface area contributed by atoms with Crippen LogP contribution in [-0.2, 0) is 9.84 Å². The average Bonchev–Trinajstić information content (AvgIpc) is 2.50. The van der Waals surface area contributed by atoms with E-state index in [1.165, 1.54) is 18.2 Å². The molecular weight excluding hydrogens is 390 g/mol. The Kier molecular flexibility index (Phi) is 5.12. The van der Waals surface area contributed by atoms with Crippen molar-refractivity contribution in [2.45, 2.75) is 10.4 Å². The molecule has 0 spiro atoms. The van der Waals surface area contributed by atoms with Crippen molar-refractivity contribution in [2.75, 3.05) is 5.32 Å². The molecule has 0 unspecified atom stereocenters. The van der Waals surface area contributed by atoms with Gasteiger partial charge in [-0.2, -0.15) is 13.2 Å². The van der Waals surface area contributed by atoms with E-state index < -0.39 is 26.1 Å². The predicted molar refractivity (Wildman–Crippen MR) is 84.1 cm³/mol. The van der Waals surface area contributed by atoms with E-state index in [9.17, 15) is 26.4 Å². The Balaban J connectivity index is 2.25. The third kappa shape index (κ3) is 3.82. The first-order valence-electron chi connectivity index (χ1n) is 6.20. The van der Waals surface area contributed by atoms with Crippen LogP contribution in [0.3, 0.4) is 0 Å². The highest BCUT2D eigenvalue weighted by molar-refractivity contribution is 7.92. The van der Waals surface area contributed by atoms with Crippen molar-refractivity contribution < 1.29 is 26.4 Å². The minimum atomic E-state index is -5.46. The molecule has 0 saturated heterocycles. The fraction of sp³-hybridized carbons (Fsp3) is 0.0714. The largest absolute Gasteiger partial charge is 0.501 e. The summed E-state index contributed by atoms with van der Waals surface area (Å²) in [5.41, 5.74) is -5.25. The van der Waals surface area contributed by atoms with E-state index in [0.717, 1.165) is 12.1 Å². The van der Waals surface area contributed by atoms with Crippen LogP contribution in [0.1, 0.15) is 10.4 Å². The summed E-state index contributed by atoms with van der Waals surface area (Å²) in [5, 5.41) is 2.96. The van der Waals surface area contributed by atoms with Crippen LogP contribution in [0.2, 0.25) is 10.0 Å². The Morgan fingerprint density at radius 2 is 1.58 bits per heavy atom. The number of benzene rings is 2. The number of rotatable bonds is 3. The molecule has 24 heavy (non-hydrogen) atoms. The van der Waals surface area contributed by atoms with Crippen molar-refractivity contribution in [1.82, 2.24) is 0 Å². The molecule has 2 aromatic rings. The fourth-order valence-corrected chi connectivity index (χ4v) is 2.81. The Morgan fingerprint density at radius 1 is 1.00 bits per heavy atom. The quantitative estimate of drug-likeness (QED) is 0.826. The van der Waals surface area contributed by atoms with Crippen molar-refractivity contribution in [1.29, 1.82) is 0 Å². The van der Waals surface area contributed by atoms with Gasteiger partial charge in [0, 0.05) is 10.6 Å². The number of hydrogen-bond acceptors (Lipinski definition) is 3. The molecule has 10 heteroatoms. The molecule has 0 fully saturated rings. The van der Waals surface area contributed by atoms with Gasteiger partial charge < -0.3 is 5.32 Å². The molecule has 2 rings (SSSR count). The second-order valence-electron chi connectivity index (χ2n) is 4.55. The van der Waals surface area contributed by atoms with E-state index in [1.807, 2.05) is 0 Å². The zero-order chi connectivity index (χ0) is 18.1. The molecule has 0 atom stereocenters. The monoisotopic (exact) mass is 397 g/mol. The first-order chi connectivity index (χ1) is 11.0. The van der Waals surface area contributed by atoms with Crippen LogP contribution in [0.25, 0.3) is 0 Å². The topological polar surface area (TPSA) is 63.2 Å². The van der Waals surface area contributed by atoms with Crippen molar-refractivity contribution >= 4 is 44.6 Å². The molecule has 1 N–H and O–H groups in total. The van der Waals surface area contributed by atoms with Gasteiger partial charge in [-0.25, -0.2) is 8.42 Å². The average molecular weight is 398 g/mol. The van der Waals surface area contributed by atoms with Gasteiger partial charge in [0.05, 0.1) is 15.6 Å². The summed E-state index contributed by atoms with van der Waals surface area (Å²) in [6.07, 6.45) is 0. The number of amides is 1. The molecule has 0 bridgehead atoms. The minimum Gasteiger partial charge on any atom is -0.321 e. The van der Waals surface area contributed by atoms with Crippen LogP contribution in [0.15, 0.2) is 47.4 Å². The predicted octanol–water partition coefficient (Wildman–Crippen LogP) is 4.54. The molecule has 0 aliphatic heterocycles. The maximum absolute atomic E-state index is 12.5. The number of alkyl halides is 3. The van der Waals surface area contributed by atoms with Gasteiger partial charge in [0.2, 0.25) is 0 Å². The highest BCUT2D eigenvalue weighted by atomic mass is 35.5. The first kappa shape index (κ1) is 18.6. The third-order valence-electron chi connectivity index (χ3n) is 2.91. The first-order valence-corrected chi connectivity index (χ1v) is 8.44. The van der Waals surface area contributed by atoms with Crippen molar-refractivity contribution in [3.05, 3.63) is 58.1 Å². The van der Waals surface area contributed by atoms with Gasteiger partial charge in [-0.3, -0.25) is 4.79 Å². The standard InChI is InChI=1S/C14H8Cl2F3NO3S/c15-9-3-6-11(16)12(7-9)20-13(21)8-1-4-10(5-2-8)24(22,23)14(17,18)19/h1-7H,(H,20,21). The van der Waals surface area contributed by atoms with E-state index in [0.29, 0.717) is 17.2 Å². The number of sulfone groups is 1. The molecule has 0 aliphatic rings. The van der Waals surface area contributed by atoms with Crippen LogP contribution in [0.5, 0.6) is 0 Å². The van der Waals surface area contributed by atoms with Crippen molar-refractivity contribution in [3.63, 3.8) is 0 Å². The second kappa shape index (κ2) is 6.62. The molecule has 0 radical (unpaired) electrons. The molecule has 2 aromatic carbocycles. The van der Waals surface area contributed by atoms with Crippen LogP contribution in [-0.4, -0.2) is 19.8 Å². The molecular formula is C14H8Cl2F3NO3S. The van der Waals surface area contributed by atoms with Crippen molar-refractivity contribution in [2.24, 2.45) is 0 Å². The second-order valence-corrected chi connectivity index (χ2v) is 7.34. The molecule has 128 valence electrons. The molecule has 0 heterocycles. The summed E-state index contributed by atoms with van der Waals surface area (Å²) >= 11 is 11.7. The maximum Gasteiger partial charge on any atom is 0.501 e. The van der Waals surface area contributed by atoms with Gasteiger partial charge in [-0.05, 0) is 42.5 Å². The Morgan fingerprint density at radius 3 is 2.12 bits per heavy atom. The lowest BCUT2D eigenvalue weighted by Gasteiger charge is -2.10. The minimum absolute atomic E-state index is 0.0489. The summed E-state index contributed by atoms with van der Waals surface area (Å²) in [4.78, 5) is 11.1. The number of nitrogens with one attached hydrogen (secondary N) is 1. The summed E-state index contributed by atoms with van der Waals surface area (Å²) in [5.74, 6) is -0.685. The summed E-state index contributed by atoms with van der Waals surface area (Å²) in [6.45, 7) is 0. The molecule has 0 aliphatic carbocycles. The molecule has 1 amide bonds. The third-order valence-corrected chi connectivity index (χ3v) is 4.97. The maximum atomic E-state index is 12.5. The number of carbonyl (C=O) groups is 1. The van der Waals surface area contributed by atoms with Gasteiger partial charge in [0.1, 0.15) is 0 Å². The number of halogens is 5. The van der Waals surface area contributed by atoms with E-state index in [4.69, 9.17) is 23.2 Å². The lowest BCUT2D eigenvalue weighted by Crippen LogP contribution is -2.23. The lowest BCUT2D eigenvalue weighted by molar-refractivity contribution is -0.0436. The Hall–Kier alpha value is -1.77. The van der Waals surface area contributed by atoms with Crippen LogP contribution in [0.4, 0.5) is 18.9 Å². The summed E-state index contributed by atoms with van der Waals surface area (Å²) in [7, 11) is -5.46. The SMILES string of the molecule is O=C(Nc1cc(Cl)ccc1Cl)c1ccc(S(=O)(=O)C(F)(F)F)cc1. The van der Waals surface area contributed by atoms with E-state index >= 15 is 0 Å². The van der Waals surface area contributed by atoms with Crippen LogP contribution >= 0.6 is 23.2 Å². The van der Waals surface area contributed by atoms with E-state index in [1.54, 1.807) is 0 Å². The molecule has 0 saturated carbocycles. The Bertz CT molecular complexity index is 881. The fourth-order valence-electron chi connectivity index (χ4n) is 1.71. The van der Waals surface area contributed by atoms with E-state index in [-0.39, 0.29) is 16.3 Å². The Labute approximate surface area is 145 Å². The van der Waals surface area contributed by atoms with Crippen molar-refractivity contribution in [3.8, 4) is 0 Å². The lowest BCUT2D eigenvalue weighted by atomic mass is 10.2. The number of hydrogen-bond donors (Lipinski definition) is 1. The number of anilines is 1. The summed E-state index contributed by atoms with van der Waals surface area (Å²) < 4.78 is 59.9. The zero-order valence-electron chi connectivity index (χ0n) is 11.6.